The number of fused-ring (bicyclic) bond motifs is 1. The average Bonchev–Trinajstić information content (AvgIpc) is 3.03. The average molecular weight is 543 g/mol. The molecule has 0 aromatic heterocycles. The number of nitrogens with one attached hydrogen (secondary N) is 3. The first-order chi connectivity index (χ1) is 19.2. The molecule has 0 spiro atoms. The fourth-order valence-electron chi connectivity index (χ4n) is 4.57. The number of hydrogen-bond donors (Lipinski definition) is 3. The Bertz CT molecular complexity index is 1410. The molecule has 10 nitrogen and oxygen atoms in total. The zero-order valence-corrected chi connectivity index (χ0v) is 22.2. The summed E-state index contributed by atoms with van der Waals surface area (Å²) in [5.74, 6) is -2.40. The monoisotopic (exact) mass is 542 g/mol. The minimum atomic E-state index is -1.01. The van der Waals surface area contributed by atoms with Crippen LogP contribution in [0, 0.1) is 0 Å². The van der Waals surface area contributed by atoms with Gasteiger partial charge in [-0.25, -0.2) is 0 Å². The van der Waals surface area contributed by atoms with Crippen LogP contribution in [0.4, 0.5) is 11.4 Å². The van der Waals surface area contributed by atoms with Crippen molar-refractivity contribution >= 4 is 41.0 Å². The lowest BCUT2D eigenvalue weighted by molar-refractivity contribution is -0.141. The van der Waals surface area contributed by atoms with Crippen LogP contribution >= 0.6 is 0 Å². The van der Waals surface area contributed by atoms with Crippen molar-refractivity contribution in [1.29, 1.82) is 0 Å². The second-order valence-electron chi connectivity index (χ2n) is 9.38. The number of ether oxygens (including phenoxy) is 1. The third kappa shape index (κ3) is 6.90. The molecule has 1 aliphatic rings. The van der Waals surface area contributed by atoms with Gasteiger partial charge in [0.05, 0.1) is 30.8 Å². The summed E-state index contributed by atoms with van der Waals surface area (Å²) in [7, 11) is 1.27. The molecule has 4 rings (SSSR count). The van der Waals surface area contributed by atoms with Gasteiger partial charge in [0.2, 0.25) is 17.7 Å². The van der Waals surface area contributed by atoms with Crippen LogP contribution in [-0.4, -0.2) is 54.2 Å². The molecule has 3 aromatic carbocycles. The van der Waals surface area contributed by atoms with Crippen LogP contribution in [-0.2, 0) is 30.3 Å². The second-order valence-corrected chi connectivity index (χ2v) is 9.38. The largest absolute Gasteiger partial charge is 0.469 e. The van der Waals surface area contributed by atoms with Crippen LogP contribution in [0.1, 0.15) is 40.9 Å². The van der Waals surface area contributed by atoms with E-state index in [2.05, 4.69) is 16.0 Å². The number of nitrogens with zero attached hydrogens (tertiary/aromatic N) is 1. The topological polar surface area (TPSA) is 134 Å². The summed E-state index contributed by atoms with van der Waals surface area (Å²) in [4.78, 5) is 65.7. The predicted molar refractivity (Wildman–Crippen MR) is 148 cm³/mol. The van der Waals surface area contributed by atoms with Crippen molar-refractivity contribution in [1.82, 2.24) is 10.2 Å². The van der Waals surface area contributed by atoms with Crippen LogP contribution < -0.4 is 16.0 Å². The highest BCUT2D eigenvalue weighted by Crippen LogP contribution is 2.28. The number of benzene rings is 3. The van der Waals surface area contributed by atoms with Gasteiger partial charge in [0.25, 0.3) is 5.91 Å². The minimum Gasteiger partial charge on any atom is -0.469 e. The molecule has 0 saturated carbocycles. The van der Waals surface area contributed by atoms with Crippen molar-refractivity contribution in [3.63, 3.8) is 0 Å². The van der Waals surface area contributed by atoms with E-state index in [0.29, 0.717) is 11.3 Å². The molecule has 4 amide bonds. The van der Waals surface area contributed by atoms with E-state index in [4.69, 9.17) is 4.74 Å². The SMILES string of the molecule is COC(=O)C[C@@H](NC(=O)CN1C(=O)c2cc(NC(C)=O)ccc2NC(=O)[C@@H]1Cc1ccccc1)c1ccccc1. The van der Waals surface area contributed by atoms with Gasteiger partial charge in [-0.05, 0) is 29.3 Å². The van der Waals surface area contributed by atoms with E-state index < -0.39 is 42.3 Å². The number of hydrogen-bond acceptors (Lipinski definition) is 6. The molecule has 0 unspecified atom stereocenters. The third-order valence-electron chi connectivity index (χ3n) is 6.49. The molecule has 40 heavy (non-hydrogen) atoms. The van der Waals surface area contributed by atoms with Crippen molar-refractivity contribution in [2.45, 2.75) is 31.8 Å². The molecular weight excluding hydrogens is 512 g/mol. The zero-order valence-electron chi connectivity index (χ0n) is 22.2. The van der Waals surface area contributed by atoms with Gasteiger partial charge < -0.3 is 25.6 Å². The van der Waals surface area contributed by atoms with Gasteiger partial charge in [-0.1, -0.05) is 60.7 Å². The molecule has 0 fully saturated rings. The van der Waals surface area contributed by atoms with Crippen molar-refractivity contribution in [3.8, 4) is 0 Å². The maximum atomic E-state index is 13.9. The number of rotatable bonds is 9. The Morgan fingerprint density at radius 3 is 2.30 bits per heavy atom. The van der Waals surface area contributed by atoms with Crippen molar-refractivity contribution in [2.24, 2.45) is 0 Å². The summed E-state index contributed by atoms with van der Waals surface area (Å²) < 4.78 is 4.80. The van der Waals surface area contributed by atoms with Crippen LogP contribution in [0.3, 0.4) is 0 Å². The lowest BCUT2D eigenvalue weighted by Gasteiger charge is -2.29. The van der Waals surface area contributed by atoms with Crippen LogP contribution in [0.5, 0.6) is 0 Å². The number of methoxy groups -OCH3 is 1. The first-order valence-electron chi connectivity index (χ1n) is 12.7. The number of anilines is 2. The summed E-state index contributed by atoms with van der Waals surface area (Å²) in [5.41, 5.74) is 2.28. The van der Waals surface area contributed by atoms with E-state index in [0.717, 1.165) is 5.56 Å². The zero-order chi connectivity index (χ0) is 28.6. The Hall–Kier alpha value is -4.99. The lowest BCUT2D eigenvalue weighted by Crippen LogP contribution is -2.51. The lowest BCUT2D eigenvalue weighted by atomic mass is 10.0. The Morgan fingerprint density at radius 1 is 0.975 bits per heavy atom. The summed E-state index contributed by atoms with van der Waals surface area (Å²) in [6.07, 6.45) is 0.0551. The van der Waals surface area contributed by atoms with Crippen molar-refractivity contribution in [3.05, 3.63) is 95.6 Å². The molecule has 0 radical (unpaired) electrons. The molecule has 10 heteroatoms. The maximum absolute atomic E-state index is 13.9. The number of amides is 4. The smallest absolute Gasteiger partial charge is 0.307 e. The molecule has 2 atom stereocenters. The summed E-state index contributed by atoms with van der Waals surface area (Å²) in [6, 6.07) is 21.0. The van der Waals surface area contributed by atoms with Crippen molar-refractivity contribution in [2.75, 3.05) is 24.3 Å². The van der Waals surface area contributed by atoms with Crippen molar-refractivity contribution < 1.29 is 28.7 Å². The standard InChI is InChI=1S/C30H30N4O6/c1-19(35)31-22-13-14-24-23(16-22)30(39)34(26(29(38)33-24)15-20-9-5-3-6-10-20)18-27(36)32-25(17-28(37)40-2)21-11-7-4-8-12-21/h3-14,16,25-26H,15,17-18H2,1-2H3,(H,31,35)(H,32,36)(H,33,38)/t25-,26+/m1/s1. The molecule has 3 N–H and O–H groups in total. The molecule has 0 aliphatic carbocycles. The van der Waals surface area contributed by atoms with Crippen LogP contribution in [0.15, 0.2) is 78.9 Å². The molecule has 1 heterocycles. The van der Waals surface area contributed by atoms with E-state index in [9.17, 15) is 24.0 Å². The summed E-state index contributed by atoms with van der Waals surface area (Å²) in [5, 5.41) is 8.26. The van der Waals surface area contributed by atoms with E-state index in [1.807, 2.05) is 36.4 Å². The quantitative estimate of drug-likeness (QED) is 0.356. The first-order valence-corrected chi connectivity index (χ1v) is 12.7. The van der Waals surface area contributed by atoms with Gasteiger partial charge in [-0.3, -0.25) is 24.0 Å². The maximum Gasteiger partial charge on any atom is 0.307 e. The van der Waals surface area contributed by atoms with Gasteiger partial charge in [-0.2, -0.15) is 0 Å². The van der Waals surface area contributed by atoms with Gasteiger partial charge in [0, 0.05) is 19.0 Å². The second kappa shape index (κ2) is 12.7. The van der Waals surface area contributed by atoms with Gasteiger partial charge in [0.1, 0.15) is 12.6 Å². The Balaban J connectivity index is 1.66. The normalized spacial score (nSPS) is 15.2. The van der Waals surface area contributed by atoms with E-state index >= 15 is 0 Å². The fraction of sp³-hybridized carbons (Fsp3) is 0.233. The minimum absolute atomic E-state index is 0.114. The third-order valence-corrected chi connectivity index (χ3v) is 6.49. The molecule has 3 aromatic rings. The summed E-state index contributed by atoms with van der Waals surface area (Å²) >= 11 is 0. The fourth-order valence-corrected chi connectivity index (χ4v) is 4.57. The predicted octanol–water partition coefficient (Wildman–Crippen LogP) is 3.07. The Morgan fingerprint density at radius 2 is 1.65 bits per heavy atom. The van der Waals surface area contributed by atoms with Gasteiger partial charge in [0.15, 0.2) is 0 Å². The highest BCUT2D eigenvalue weighted by atomic mass is 16.5. The van der Waals surface area contributed by atoms with E-state index in [1.165, 1.54) is 25.0 Å². The van der Waals surface area contributed by atoms with E-state index in [1.54, 1.807) is 36.4 Å². The molecular formula is C30H30N4O6. The number of carbonyl (C=O) groups excluding carboxylic acids is 5. The van der Waals surface area contributed by atoms with Crippen LogP contribution in [0.2, 0.25) is 0 Å². The van der Waals surface area contributed by atoms with Gasteiger partial charge >= 0.3 is 5.97 Å². The molecule has 206 valence electrons. The highest BCUT2D eigenvalue weighted by molar-refractivity contribution is 6.11. The summed E-state index contributed by atoms with van der Waals surface area (Å²) in [6.45, 7) is 0.900. The Kier molecular flexibility index (Phi) is 8.90. The number of carbonyl (C=O) groups is 5. The Labute approximate surface area is 231 Å². The first kappa shape index (κ1) is 28.0. The highest BCUT2D eigenvalue weighted by Gasteiger charge is 2.37. The molecule has 0 saturated heterocycles. The van der Waals surface area contributed by atoms with E-state index in [-0.39, 0.29) is 30.0 Å². The number of esters is 1. The van der Waals surface area contributed by atoms with Gasteiger partial charge in [-0.15, -0.1) is 0 Å². The van der Waals surface area contributed by atoms with Crippen LogP contribution in [0.25, 0.3) is 0 Å². The molecule has 1 aliphatic heterocycles. The molecule has 0 bridgehead atoms.